The van der Waals surface area contributed by atoms with E-state index in [-0.39, 0.29) is 43.0 Å². The SMILES string of the molecule is CC(C)(C)O.CC(C)(C)O.CCN1C=CN(C)[CH-]1.[CH3-].[La]. The van der Waals surface area contributed by atoms with E-state index < -0.39 is 11.2 Å². The molecule has 0 aliphatic carbocycles. The van der Waals surface area contributed by atoms with E-state index in [1.54, 1.807) is 41.5 Å². The van der Waals surface area contributed by atoms with Gasteiger partial charge in [-0.15, -0.1) is 0 Å². The number of hydrogen-bond donors (Lipinski definition) is 2. The third-order valence-electron chi connectivity index (χ3n) is 1.19. The minimum atomic E-state index is -0.500. The molecular weight excluding hydrogens is 379 g/mol. The molecule has 0 aromatic carbocycles. The van der Waals surface area contributed by atoms with Gasteiger partial charge in [0.2, 0.25) is 0 Å². The summed E-state index contributed by atoms with van der Waals surface area (Å²) in [6, 6.07) is 0. The van der Waals surface area contributed by atoms with Gasteiger partial charge in [-0.05, 0) is 67.5 Å². The molecule has 1 rings (SSSR count). The Kier molecular flexibility index (Phi) is 18.8. The maximum atomic E-state index is 8.52. The third-order valence-corrected chi connectivity index (χ3v) is 1.19. The fraction of sp³-hybridized carbons (Fsp3) is 0.733. The van der Waals surface area contributed by atoms with Crippen LogP contribution in [0.1, 0.15) is 48.5 Å². The van der Waals surface area contributed by atoms with Crippen molar-refractivity contribution < 1.29 is 45.8 Å². The molecule has 0 saturated carbocycles. The minimum absolute atomic E-state index is 0. The Morgan fingerprint density at radius 3 is 1.35 bits per heavy atom. The van der Waals surface area contributed by atoms with Gasteiger partial charge in [-0.2, -0.15) is 6.67 Å². The second kappa shape index (κ2) is 13.1. The Labute approximate surface area is 154 Å². The van der Waals surface area contributed by atoms with E-state index >= 15 is 0 Å². The van der Waals surface area contributed by atoms with Crippen molar-refractivity contribution >= 4 is 0 Å². The maximum absolute atomic E-state index is 8.52. The Morgan fingerprint density at radius 2 is 1.25 bits per heavy atom. The van der Waals surface area contributed by atoms with E-state index in [1.807, 2.05) is 18.1 Å². The molecule has 1 radical (unpaired) electrons. The molecule has 0 spiro atoms. The van der Waals surface area contributed by atoms with Crippen molar-refractivity contribution in [3.8, 4) is 0 Å². The summed E-state index contributed by atoms with van der Waals surface area (Å²) in [5.41, 5.74) is -1.00. The van der Waals surface area contributed by atoms with Gasteiger partial charge in [0.25, 0.3) is 0 Å². The molecule has 0 aromatic heterocycles. The molecule has 0 saturated heterocycles. The second-order valence-corrected chi connectivity index (χ2v) is 6.25. The van der Waals surface area contributed by atoms with Crippen LogP contribution >= 0.6 is 0 Å². The molecule has 1 heterocycles. The minimum Gasteiger partial charge on any atom is -0.511 e. The molecule has 121 valence electrons. The van der Waals surface area contributed by atoms with Gasteiger partial charge >= 0.3 is 0 Å². The summed E-state index contributed by atoms with van der Waals surface area (Å²) in [7, 11) is 2.02. The fourth-order valence-electron chi connectivity index (χ4n) is 0.689. The first-order chi connectivity index (χ1) is 7.83. The average molecular weight is 413 g/mol. The van der Waals surface area contributed by atoms with Crippen molar-refractivity contribution in [1.29, 1.82) is 0 Å². The standard InChI is InChI=1S/C6H11N2.2C4H10O.CH3.La/c1-3-8-5-4-7(2)6-8;2*1-4(2,3)5;;/h4-6H,3H2,1-2H3;2*5H,1-3H3;1H3;/q-1;;;-1;. The number of hydrogen-bond acceptors (Lipinski definition) is 4. The van der Waals surface area contributed by atoms with Crippen LogP contribution in [-0.2, 0) is 0 Å². The Hall–Kier alpha value is 0.455. The van der Waals surface area contributed by atoms with Gasteiger partial charge in [-0.25, -0.2) is 0 Å². The van der Waals surface area contributed by atoms with E-state index in [9.17, 15) is 0 Å². The van der Waals surface area contributed by atoms with Gasteiger partial charge in [0, 0.05) is 35.6 Å². The van der Waals surface area contributed by atoms with Crippen LogP contribution in [0.15, 0.2) is 12.4 Å². The third kappa shape index (κ3) is 42.9. The first-order valence-corrected chi connectivity index (χ1v) is 6.28. The maximum Gasteiger partial charge on any atom is 0.0563 e. The van der Waals surface area contributed by atoms with Crippen LogP contribution in [0.5, 0.6) is 0 Å². The van der Waals surface area contributed by atoms with Crippen molar-refractivity contribution in [3.63, 3.8) is 0 Å². The van der Waals surface area contributed by atoms with E-state index in [1.165, 1.54) is 0 Å². The first-order valence-electron chi connectivity index (χ1n) is 6.28. The average Bonchev–Trinajstić information content (AvgIpc) is 2.44. The number of nitrogens with zero attached hydrogens (tertiary/aromatic N) is 2. The molecule has 0 bridgehead atoms. The molecule has 2 N–H and O–H groups in total. The fourth-order valence-corrected chi connectivity index (χ4v) is 0.689. The summed E-state index contributed by atoms with van der Waals surface area (Å²) in [6.07, 6.45) is 4.09. The summed E-state index contributed by atoms with van der Waals surface area (Å²) in [4.78, 5) is 4.16. The molecular formula is C15H34LaN2O2-2. The summed E-state index contributed by atoms with van der Waals surface area (Å²) >= 11 is 0. The van der Waals surface area contributed by atoms with Crippen molar-refractivity contribution in [2.45, 2.75) is 59.7 Å². The zero-order valence-electron chi connectivity index (χ0n) is 14.8. The number of aliphatic hydroxyl groups is 2. The predicted octanol–water partition coefficient (Wildman–Crippen LogP) is 2.85. The topological polar surface area (TPSA) is 46.9 Å². The van der Waals surface area contributed by atoms with Gasteiger partial charge in [0.1, 0.15) is 0 Å². The molecule has 0 atom stereocenters. The van der Waals surface area contributed by atoms with Crippen LogP contribution in [-0.4, -0.2) is 44.8 Å². The smallest absolute Gasteiger partial charge is 0.0563 e. The molecule has 0 fully saturated rings. The van der Waals surface area contributed by atoms with Crippen LogP contribution in [0.2, 0.25) is 0 Å². The molecule has 4 nitrogen and oxygen atoms in total. The summed E-state index contributed by atoms with van der Waals surface area (Å²) < 4.78 is 0. The summed E-state index contributed by atoms with van der Waals surface area (Å²) in [6.45, 7) is 15.7. The van der Waals surface area contributed by atoms with Gasteiger partial charge < -0.3 is 27.4 Å². The van der Waals surface area contributed by atoms with E-state index in [0.717, 1.165) is 6.54 Å². The van der Waals surface area contributed by atoms with E-state index in [0.29, 0.717) is 0 Å². The molecule has 0 unspecified atom stereocenters. The predicted molar refractivity (Wildman–Crippen MR) is 83.9 cm³/mol. The van der Waals surface area contributed by atoms with Crippen LogP contribution < -0.4 is 0 Å². The van der Waals surface area contributed by atoms with Crippen LogP contribution in [0, 0.1) is 49.7 Å². The summed E-state index contributed by atoms with van der Waals surface area (Å²) in [5.74, 6) is 0. The second-order valence-electron chi connectivity index (χ2n) is 6.25. The zero-order chi connectivity index (χ0) is 15.0. The Balaban J connectivity index is -0.0000000960. The van der Waals surface area contributed by atoms with E-state index in [2.05, 4.69) is 24.7 Å². The van der Waals surface area contributed by atoms with Crippen molar-refractivity contribution in [1.82, 2.24) is 9.80 Å². The quantitative estimate of drug-likeness (QED) is 0.650. The molecule has 1 aliphatic rings. The Bertz CT molecular complexity index is 209. The van der Waals surface area contributed by atoms with Crippen LogP contribution in [0.4, 0.5) is 0 Å². The van der Waals surface area contributed by atoms with Crippen molar-refractivity contribution in [2.75, 3.05) is 13.6 Å². The van der Waals surface area contributed by atoms with Gasteiger partial charge in [0.15, 0.2) is 0 Å². The largest absolute Gasteiger partial charge is 0.511 e. The molecule has 0 amide bonds. The van der Waals surface area contributed by atoms with E-state index in [4.69, 9.17) is 10.2 Å². The molecule has 1 aliphatic heterocycles. The molecule has 20 heavy (non-hydrogen) atoms. The number of rotatable bonds is 1. The summed E-state index contributed by atoms with van der Waals surface area (Å²) in [5, 5.41) is 17.0. The molecule has 5 heteroatoms. The van der Waals surface area contributed by atoms with Crippen molar-refractivity contribution in [2.24, 2.45) is 0 Å². The monoisotopic (exact) mass is 413 g/mol. The zero-order valence-corrected chi connectivity index (χ0v) is 18.4. The Morgan fingerprint density at radius 1 is 0.950 bits per heavy atom. The van der Waals surface area contributed by atoms with Crippen LogP contribution in [0.3, 0.4) is 0 Å². The first kappa shape index (κ1) is 28.6. The van der Waals surface area contributed by atoms with Crippen molar-refractivity contribution in [3.05, 3.63) is 26.5 Å². The van der Waals surface area contributed by atoms with Gasteiger partial charge in [0.05, 0.1) is 11.2 Å². The molecule has 0 aromatic rings. The normalized spacial score (nSPS) is 13.3. The van der Waals surface area contributed by atoms with Crippen LogP contribution in [0.25, 0.3) is 0 Å². The van der Waals surface area contributed by atoms with Gasteiger partial charge in [-0.3, -0.25) is 0 Å². The van der Waals surface area contributed by atoms with Gasteiger partial charge in [-0.1, -0.05) is 6.92 Å².